The lowest BCUT2D eigenvalue weighted by molar-refractivity contribution is 0.0830. The molecular weight excluding hydrogens is 170 g/mol. The summed E-state index contributed by atoms with van der Waals surface area (Å²) in [5.41, 5.74) is 1.03. The smallest absolute Gasteiger partial charge is 0.0181 e. The summed E-state index contributed by atoms with van der Waals surface area (Å²) in [4.78, 5) is 0. The zero-order valence-electron chi connectivity index (χ0n) is 10.0. The Bertz CT molecular complexity index is 199. The molecule has 0 aromatic heterocycles. The molecule has 82 valence electrons. The zero-order valence-corrected chi connectivity index (χ0v) is 10.0. The van der Waals surface area contributed by atoms with Gasteiger partial charge in [0, 0.05) is 5.54 Å². The lowest BCUT2D eigenvalue weighted by Gasteiger charge is -2.46. The van der Waals surface area contributed by atoms with Gasteiger partial charge in [-0.2, -0.15) is 0 Å². The van der Waals surface area contributed by atoms with E-state index in [1.165, 1.54) is 45.1 Å². The molecule has 2 rings (SSSR count). The number of hydrogen-bond acceptors (Lipinski definition) is 1. The summed E-state index contributed by atoms with van der Waals surface area (Å²) in [6.45, 7) is 8.41. The molecule has 1 aliphatic carbocycles. The Morgan fingerprint density at radius 2 is 1.79 bits per heavy atom. The SMILES string of the molecule is CCC1CCC2(CCNC2(C)C)CC1. The maximum atomic E-state index is 3.69. The minimum absolute atomic E-state index is 0.395. The molecule has 1 nitrogen and oxygen atoms in total. The van der Waals surface area contributed by atoms with Crippen LogP contribution in [0.5, 0.6) is 0 Å². The molecule has 1 heterocycles. The fourth-order valence-corrected chi connectivity index (χ4v) is 3.63. The van der Waals surface area contributed by atoms with Crippen LogP contribution in [0.3, 0.4) is 0 Å². The van der Waals surface area contributed by atoms with E-state index in [-0.39, 0.29) is 0 Å². The standard InChI is InChI=1S/C13H25N/c1-4-11-5-7-13(8-6-11)9-10-14-12(13,2)3/h11,14H,4-10H2,1-3H3. The van der Waals surface area contributed by atoms with E-state index in [9.17, 15) is 0 Å². The van der Waals surface area contributed by atoms with E-state index in [2.05, 4.69) is 26.1 Å². The first-order valence-corrected chi connectivity index (χ1v) is 6.35. The minimum atomic E-state index is 0.395. The van der Waals surface area contributed by atoms with Crippen LogP contribution in [-0.4, -0.2) is 12.1 Å². The van der Waals surface area contributed by atoms with Gasteiger partial charge in [0.25, 0.3) is 0 Å². The van der Waals surface area contributed by atoms with Crippen LogP contribution in [0.4, 0.5) is 0 Å². The molecule has 0 radical (unpaired) electrons. The van der Waals surface area contributed by atoms with Crippen LogP contribution >= 0.6 is 0 Å². The highest BCUT2D eigenvalue weighted by molar-refractivity contribution is 5.05. The quantitative estimate of drug-likeness (QED) is 0.676. The topological polar surface area (TPSA) is 12.0 Å². The molecule has 2 fully saturated rings. The predicted molar refractivity (Wildman–Crippen MR) is 61.4 cm³/mol. The van der Waals surface area contributed by atoms with Crippen molar-refractivity contribution in [3.63, 3.8) is 0 Å². The predicted octanol–water partition coefficient (Wildman–Crippen LogP) is 3.34. The van der Waals surface area contributed by atoms with Gasteiger partial charge in [0.15, 0.2) is 0 Å². The summed E-state index contributed by atoms with van der Waals surface area (Å²) in [6.07, 6.45) is 8.68. The van der Waals surface area contributed by atoms with Crippen LogP contribution in [0.2, 0.25) is 0 Å². The Hall–Kier alpha value is -0.0400. The first-order valence-electron chi connectivity index (χ1n) is 6.35. The third-order valence-electron chi connectivity index (χ3n) is 5.14. The van der Waals surface area contributed by atoms with Gasteiger partial charge in [0.2, 0.25) is 0 Å². The largest absolute Gasteiger partial charge is 0.311 e. The van der Waals surface area contributed by atoms with E-state index in [1.54, 1.807) is 0 Å². The molecule has 1 saturated heterocycles. The molecule has 0 aromatic carbocycles. The molecule has 1 saturated carbocycles. The molecule has 1 spiro atoms. The first-order chi connectivity index (χ1) is 6.60. The third kappa shape index (κ3) is 1.50. The molecule has 0 unspecified atom stereocenters. The van der Waals surface area contributed by atoms with E-state index >= 15 is 0 Å². The lowest BCUT2D eigenvalue weighted by Crippen LogP contribution is -2.48. The lowest BCUT2D eigenvalue weighted by atomic mass is 9.61. The van der Waals surface area contributed by atoms with Crippen molar-refractivity contribution in [3.8, 4) is 0 Å². The van der Waals surface area contributed by atoms with Crippen LogP contribution in [0.25, 0.3) is 0 Å². The van der Waals surface area contributed by atoms with E-state index in [0.717, 1.165) is 5.92 Å². The van der Waals surface area contributed by atoms with Gasteiger partial charge >= 0.3 is 0 Å². The Morgan fingerprint density at radius 3 is 2.21 bits per heavy atom. The second kappa shape index (κ2) is 3.52. The van der Waals surface area contributed by atoms with Crippen molar-refractivity contribution < 1.29 is 0 Å². The molecule has 0 amide bonds. The van der Waals surface area contributed by atoms with Crippen LogP contribution in [0.1, 0.15) is 59.3 Å². The van der Waals surface area contributed by atoms with Gasteiger partial charge in [-0.3, -0.25) is 0 Å². The van der Waals surface area contributed by atoms with Gasteiger partial charge in [-0.1, -0.05) is 13.3 Å². The number of nitrogens with one attached hydrogen (secondary N) is 1. The summed E-state index contributed by atoms with van der Waals surface area (Å²) in [6, 6.07) is 0. The molecule has 2 aliphatic rings. The molecule has 14 heavy (non-hydrogen) atoms. The molecule has 1 heteroatoms. The van der Waals surface area contributed by atoms with Gasteiger partial charge in [-0.05, 0) is 63.8 Å². The fourth-order valence-electron chi connectivity index (χ4n) is 3.63. The maximum Gasteiger partial charge on any atom is 0.0181 e. The summed E-state index contributed by atoms with van der Waals surface area (Å²) in [5.74, 6) is 1.03. The fraction of sp³-hybridized carbons (Fsp3) is 1.00. The van der Waals surface area contributed by atoms with E-state index in [1.807, 2.05) is 0 Å². The van der Waals surface area contributed by atoms with Crippen molar-refractivity contribution >= 4 is 0 Å². The number of rotatable bonds is 1. The van der Waals surface area contributed by atoms with E-state index in [4.69, 9.17) is 0 Å². The normalized spacial score (nSPS) is 41.8. The molecule has 0 aromatic rings. The van der Waals surface area contributed by atoms with Crippen molar-refractivity contribution in [2.75, 3.05) is 6.54 Å². The highest BCUT2D eigenvalue weighted by atomic mass is 15.0. The van der Waals surface area contributed by atoms with Crippen molar-refractivity contribution in [2.24, 2.45) is 11.3 Å². The zero-order chi connectivity index (χ0) is 10.2. The Balaban J connectivity index is 2.05. The van der Waals surface area contributed by atoms with Gasteiger partial charge in [-0.15, -0.1) is 0 Å². The average molecular weight is 195 g/mol. The first kappa shape index (κ1) is 10.5. The highest BCUT2D eigenvalue weighted by Gasteiger charge is 2.49. The van der Waals surface area contributed by atoms with Crippen molar-refractivity contribution in [3.05, 3.63) is 0 Å². The van der Waals surface area contributed by atoms with Crippen LogP contribution < -0.4 is 5.32 Å². The van der Waals surface area contributed by atoms with Gasteiger partial charge in [-0.25, -0.2) is 0 Å². The van der Waals surface area contributed by atoms with Crippen LogP contribution in [0, 0.1) is 11.3 Å². The second-order valence-electron chi connectivity index (χ2n) is 5.93. The number of hydrogen-bond donors (Lipinski definition) is 1. The van der Waals surface area contributed by atoms with E-state index in [0.29, 0.717) is 11.0 Å². The molecule has 0 bridgehead atoms. The van der Waals surface area contributed by atoms with Gasteiger partial charge in [0.05, 0.1) is 0 Å². The Labute approximate surface area is 88.7 Å². The minimum Gasteiger partial charge on any atom is -0.311 e. The highest BCUT2D eigenvalue weighted by Crippen LogP contribution is 2.51. The molecule has 1 aliphatic heterocycles. The monoisotopic (exact) mass is 195 g/mol. The van der Waals surface area contributed by atoms with E-state index < -0.39 is 0 Å². The molecular formula is C13H25N. The summed E-state index contributed by atoms with van der Waals surface area (Å²) in [7, 11) is 0. The van der Waals surface area contributed by atoms with Crippen molar-refractivity contribution in [2.45, 2.75) is 64.8 Å². The van der Waals surface area contributed by atoms with Crippen molar-refractivity contribution in [1.82, 2.24) is 5.32 Å². The molecule has 0 atom stereocenters. The van der Waals surface area contributed by atoms with Crippen LogP contribution in [-0.2, 0) is 0 Å². The van der Waals surface area contributed by atoms with Gasteiger partial charge < -0.3 is 5.32 Å². The summed E-state index contributed by atoms with van der Waals surface area (Å²) >= 11 is 0. The summed E-state index contributed by atoms with van der Waals surface area (Å²) in [5, 5.41) is 3.69. The van der Waals surface area contributed by atoms with Gasteiger partial charge in [0.1, 0.15) is 0 Å². The third-order valence-corrected chi connectivity index (χ3v) is 5.14. The average Bonchev–Trinajstić information content (AvgIpc) is 2.44. The second-order valence-corrected chi connectivity index (χ2v) is 5.93. The maximum absolute atomic E-state index is 3.69. The van der Waals surface area contributed by atoms with Crippen molar-refractivity contribution in [1.29, 1.82) is 0 Å². The van der Waals surface area contributed by atoms with Crippen LogP contribution in [0.15, 0.2) is 0 Å². The Morgan fingerprint density at radius 1 is 1.14 bits per heavy atom. The molecule has 1 N–H and O–H groups in total. The Kier molecular flexibility index (Phi) is 2.63. The summed E-state index contributed by atoms with van der Waals surface area (Å²) < 4.78 is 0.